The molecular formula is C22H21ClN2O3S. The number of fused-ring (bicyclic) bond motifs is 1. The fraction of sp³-hybridized carbons (Fsp3) is 0.273. The van der Waals surface area contributed by atoms with Crippen LogP contribution >= 0.6 is 22.9 Å². The maximum atomic E-state index is 13.2. The van der Waals surface area contributed by atoms with Gasteiger partial charge in [-0.05, 0) is 61.2 Å². The molecule has 0 N–H and O–H groups in total. The van der Waals surface area contributed by atoms with Gasteiger partial charge in [0.25, 0.3) is 5.91 Å². The summed E-state index contributed by atoms with van der Waals surface area (Å²) in [4.78, 5) is 19.5. The Morgan fingerprint density at radius 1 is 1.24 bits per heavy atom. The highest BCUT2D eigenvalue weighted by Gasteiger charge is 2.29. The molecule has 4 rings (SSSR count). The average Bonchev–Trinajstić information content (AvgIpc) is 3.22. The minimum Gasteiger partial charge on any atom is -0.495 e. The van der Waals surface area contributed by atoms with Crippen molar-refractivity contribution in [2.45, 2.75) is 26.4 Å². The SMILES string of the molecule is COc1ccc(C)c2c1N(C(=O)c1csc(COc3ccc(Cl)cc3)n1)CCC2. The summed E-state index contributed by atoms with van der Waals surface area (Å²) in [5, 5.41) is 3.20. The molecule has 0 saturated heterocycles. The van der Waals surface area contributed by atoms with Crippen LogP contribution in [0.5, 0.6) is 11.5 Å². The molecule has 1 aliphatic heterocycles. The van der Waals surface area contributed by atoms with Crippen LogP contribution in [0.2, 0.25) is 5.02 Å². The minimum absolute atomic E-state index is 0.108. The molecule has 1 aliphatic rings. The number of rotatable bonds is 5. The maximum Gasteiger partial charge on any atom is 0.277 e. The quantitative estimate of drug-likeness (QED) is 0.554. The van der Waals surface area contributed by atoms with Gasteiger partial charge in [0, 0.05) is 16.9 Å². The molecule has 7 heteroatoms. The van der Waals surface area contributed by atoms with Crippen LogP contribution in [0.15, 0.2) is 41.8 Å². The summed E-state index contributed by atoms with van der Waals surface area (Å²) >= 11 is 7.31. The zero-order valence-corrected chi connectivity index (χ0v) is 17.8. The van der Waals surface area contributed by atoms with Gasteiger partial charge in [0.15, 0.2) is 0 Å². The van der Waals surface area contributed by atoms with Gasteiger partial charge in [-0.2, -0.15) is 0 Å². The summed E-state index contributed by atoms with van der Waals surface area (Å²) in [6.07, 6.45) is 1.86. The molecule has 1 amide bonds. The van der Waals surface area contributed by atoms with Gasteiger partial charge in [0.05, 0.1) is 12.8 Å². The number of nitrogens with zero attached hydrogens (tertiary/aromatic N) is 2. The number of benzene rings is 2. The van der Waals surface area contributed by atoms with Gasteiger partial charge in [-0.25, -0.2) is 4.98 Å². The number of hydrogen-bond acceptors (Lipinski definition) is 5. The van der Waals surface area contributed by atoms with Crippen LogP contribution in [-0.4, -0.2) is 24.5 Å². The van der Waals surface area contributed by atoms with Gasteiger partial charge in [-0.1, -0.05) is 17.7 Å². The molecule has 0 bridgehead atoms. The Morgan fingerprint density at radius 3 is 2.79 bits per heavy atom. The lowest BCUT2D eigenvalue weighted by Crippen LogP contribution is -2.36. The van der Waals surface area contributed by atoms with Crippen molar-refractivity contribution in [2.24, 2.45) is 0 Å². The van der Waals surface area contributed by atoms with Gasteiger partial charge in [0.1, 0.15) is 28.8 Å². The molecule has 0 aliphatic carbocycles. The fourth-order valence-corrected chi connectivity index (χ4v) is 4.32. The molecule has 29 heavy (non-hydrogen) atoms. The van der Waals surface area contributed by atoms with Crippen molar-refractivity contribution < 1.29 is 14.3 Å². The molecular weight excluding hydrogens is 408 g/mol. The molecule has 0 spiro atoms. The normalized spacial score (nSPS) is 13.1. The number of ether oxygens (including phenoxy) is 2. The zero-order valence-electron chi connectivity index (χ0n) is 16.3. The topological polar surface area (TPSA) is 51.7 Å². The summed E-state index contributed by atoms with van der Waals surface area (Å²) < 4.78 is 11.3. The van der Waals surface area contributed by atoms with Crippen LogP contribution in [0.1, 0.15) is 33.0 Å². The van der Waals surface area contributed by atoms with E-state index in [-0.39, 0.29) is 5.91 Å². The van der Waals surface area contributed by atoms with Crippen molar-refractivity contribution in [3.05, 3.63) is 68.6 Å². The summed E-state index contributed by atoms with van der Waals surface area (Å²) in [5.41, 5.74) is 3.65. The third-order valence-electron chi connectivity index (χ3n) is 4.97. The van der Waals surface area contributed by atoms with E-state index in [9.17, 15) is 4.79 Å². The lowest BCUT2D eigenvalue weighted by molar-refractivity contribution is 0.0980. The second-order valence-electron chi connectivity index (χ2n) is 6.84. The number of thiazole rings is 1. The van der Waals surface area contributed by atoms with Crippen LogP contribution < -0.4 is 14.4 Å². The van der Waals surface area contributed by atoms with E-state index in [4.69, 9.17) is 21.1 Å². The van der Waals surface area contributed by atoms with Gasteiger partial charge >= 0.3 is 0 Å². The Balaban J connectivity index is 1.53. The third-order valence-corrected chi connectivity index (χ3v) is 6.04. The second kappa shape index (κ2) is 8.43. The Kier molecular flexibility index (Phi) is 5.74. The first-order valence-corrected chi connectivity index (χ1v) is 10.6. The van der Waals surface area contributed by atoms with Crippen molar-refractivity contribution in [1.29, 1.82) is 0 Å². The largest absolute Gasteiger partial charge is 0.495 e. The number of hydrogen-bond donors (Lipinski definition) is 0. The standard InChI is InChI=1S/C22H21ClN2O3S/c1-14-5-10-19(27-2)21-17(14)4-3-11-25(21)22(26)18-13-29-20(24-18)12-28-16-8-6-15(23)7-9-16/h5-10,13H,3-4,11-12H2,1-2H3. The number of aromatic nitrogens is 1. The van der Waals surface area contributed by atoms with Crippen molar-refractivity contribution in [1.82, 2.24) is 4.98 Å². The molecule has 2 heterocycles. The van der Waals surface area contributed by atoms with E-state index >= 15 is 0 Å². The molecule has 3 aromatic rings. The van der Waals surface area contributed by atoms with E-state index in [0.717, 1.165) is 29.3 Å². The van der Waals surface area contributed by atoms with Gasteiger partial charge in [-0.3, -0.25) is 4.79 Å². The smallest absolute Gasteiger partial charge is 0.277 e. The molecule has 2 aromatic carbocycles. The van der Waals surface area contributed by atoms with E-state index < -0.39 is 0 Å². The highest BCUT2D eigenvalue weighted by molar-refractivity contribution is 7.09. The average molecular weight is 429 g/mol. The van der Waals surface area contributed by atoms with E-state index in [1.807, 2.05) is 12.1 Å². The Bertz CT molecular complexity index is 1030. The molecule has 0 unspecified atom stereocenters. The molecule has 0 saturated carbocycles. The van der Waals surface area contributed by atoms with E-state index in [1.54, 1.807) is 41.7 Å². The molecule has 0 radical (unpaired) electrons. The summed E-state index contributed by atoms with van der Waals surface area (Å²) in [5.74, 6) is 1.33. The van der Waals surface area contributed by atoms with E-state index in [2.05, 4.69) is 11.9 Å². The molecule has 1 aromatic heterocycles. The minimum atomic E-state index is -0.108. The predicted molar refractivity (Wildman–Crippen MR) is 116 cm³/mol. The van der Waals surface area contributed by atoms with Crippen molar-refractivity contribution in [3.8, 4) is 11.5 Å². The highest BCUT2D eigenvalue weighted by atomic mass is 35.5. The van der Waals surface area contributed by atoms with Crippen molar-refractivity contribution in [2.75, 3.05) is 18.6 Å². The molecule has 0 atom stereocenters. The molecule has 5 nitrogen and oxygen atoms in total. The number of carbonyl (C=O) groups excluding carboxylic acids is 1. The number of aryl methyl sites for hydroxylation is 1. The Morgan fingerprint density at radius 2 is 2.03 bits per heavy atom. The summed E-state index contributed by atoms with van der Waals surface area (Å²) in [6, 6.07) is 11.1. The summed E-state index contributed by atoms with van der Waals surface area (Å²) in [6.45, 7) is 3.03. The van der Waals surface area contributed by atoms with Gasteiger partial charge in [0.2, 0.25) is 0 Å². The molecule has 150 valence electrons. The monoisotopic (exact) mass is 428 g/mol. The number of amides is 1. The Labute approximate surface area is 178 Å². The number of methoxy groups -OCH3 is 1. The van der Waals surface area contributed by atoms with Crippen LogP contribution in [0.3, 0.4) is 0 Å². The predicted octanol–water partition coefficient (Wildman–Crippen LogP) is 5.29. The first kappa shape index (κ1) is 19.7. The zero-order chi connectivity index (χ0) is 20.4. The van der Waals surface area contributed by atoms with Crippen LogP contribution in [0.4, 0.5) is 5.69 Å². The van der Waals surface area contributed by atoms with Gasteiger partial charge < -0.3 is 14.4 Å². The van der Waals surface area contributed by atoms with Crippen molar-refractivity contribution >= 4 is 34.5 Å². The highest BCUT2D eigenvalue weighted by Crippen LogP contribution is 2.39. The van der Waals surface area contributed by atoms with Crippen molar-refractivity contribution in [3.63, 3.8) is 0 Å². The number of halogens is 1. The van der Waals surface area contributed by atoms with E-state index in [1.165, 1.54) is 22.5 Å². The lowest BCUT2D eigenvalue weighted by Gasteiger charge is -2.31. The third kappa shape index (κ3) is 4.09. The molecule has 0 fully saturated rings. The first-order valence-electron chi connectivity index (χ1n) is 9.38. The van der Waals surface area contributed by atoms with Gasteiger partial charge in [-0.15, -0.1) is 11.3 Å². The number of carbonyl (C=O) groups is 1. The van der Waals surface area contributed by atoms with Crippen LogP contribution in [0.25, 0.3) is 0 Å². The second-order valence-corrected chi connectivity index (χ2v) is 8.22. The Hall–Kier alpha value is -2.57. The van der Waals surface area contributed by atoms with Crippen LogP contribution in [0, 0.1) is 6.92 Å². The number of anilines is 1. The first-order chi connectivity index (χ1) is 14.1. The van der Waals surface area contributed by atoms with E-state index in [0.29, 0.717) is 29.6 Å². The fourth-order valence-electron chi connectivity index (χ4n) is 3.51. The lowest BCUT2D eigenvalue weighted by atomic mass is 9.96. The maximum absolute atomic E-state index is 13.2. The summed E-state index contributed by atoms with van der Waals surface area (Å²) in [7, 11) is 1.64. The van der Waals surface area contributed by atoms with Crippen LogP contribution in [-0.2, 0) is 13.0 Å².